The second kappa shape index (κ2) is 6.83. The monoisotopic (exact) mass is 327 g/mol. The first-order valence-corrected chi connectivity index (χ1v) is 8.37. The molecule has 1 aliphatic rings. The van der Waals surface area contributed by atoms with Crippen LogP contribution in [-0.4, -0.2) is 27.5 Å². The van der Waals surface area contributed by atoms with E-state index in [4.69, 9.17) is 0 Å². The van der Waals surface area contributed by atoms with Crippen LogP contribution in [0.5, 0.6) is 0 Å². The molecule has 1 N–H and O–H groups in total. The number of nitrogens with one attached hydrogen (secondary N) is 1. The predicted octanol–water partition coefficient (Wildman–Crippen LogP) is 2.81. The van der Waals surface area contributed by atoms with Crippen molar-refractivity contribution in [3.8, 4) is 0 Å². The van der Waals surface area contributed by atoms with Crippen LogP contribution in [0.15, 0.2) is 48.7 Å². The number of benzene rings is 1. The summed E-state index contributed by atoms with van der Waals surface area (Å²) < 4.78 is 0. The molecule has 0 aliphatic carbocycles. The van der Waals surface area contributed by atoms with Crippen molar-refractivity contribution in [2.45, 2.75) is 18.8 Å². The molecule has 1 aromatic carbocycles. The molecule has 2 amide bonds. The predicted molar refractivity (Wildman–Crippen MR) is 90.7 cm³/mol. The zero-order chi connectivity index (χ0) is 16.2. The molecule has 1 saturated heterocycles. The quantitative estimate of drug-likeness (QED) is 0.938. The third-order valence-electron chi connectivity index (χ3n) is 3.54. The zero-order valence-corrected chi connectivity index (χ0v) is 13.5. The highest BCUT2D eigenvalue weighted by Crippen LogP contribution is 2.39. The average Bonchev–Trinajstić information content (AvgIpc) is 2.90. The molecule has 0 spiro atoms. The Morgan fingerprint density at radius 3 is 2.74 bits per heavy atom. The summed E-state index contributed by atoms with van der Waals surface area (Å²) in [5.41, 5.74) is 2.68. The summed E-state index contributed by atoms with van der Waals surface area (Å²) in [6.45, 7) is 1.98. The Morgan fingerprint density at radius 1 is 1.30 bits per heavy atom. The molecule has 1 atom stereocenters. The van der Waals surface area contributed by atoms with Gasteiger partial charge in [0.25, 0.3) is 0 Å². The second-order valence-electron chi connectivity index (χ2n) is 5.31. The molecule has 6 heteroatoms. The molecule has 1 fully saturated rings. The van der Waals surface area contributed by atoms with Crippen molar-refractivity contribution < 1.29 is 9.59 Å². The number of aromatic nitrogens is 1. The third kappa shape index (κ3) is 3.71. The summed E-state index contributed by atoms with van der Waals surface area (Å²) in [4.78, 5) is 29.4. The molecular weight excluding hydrogens is 310 g/mol. The Morgan fingerprint density at radius 2 is 2.09 bits per heavy atom. The van der Waals surface area contributed by atoms with Gasteiger partial charge in [-0.05, 0) is 29.8 Å². The largest absolute Gasteiger partial charge is 0.326 e. The molecule has 2 heterocycles. The fourth-order valence-corrected chi connectivity index (χ4v) is 3.69. The molecule has 0 bridgehead atoms. The van der Waals surface area contributed by atoms with Gasteiger partial charge in [-0.3, -0.25) is 14.6 Å². The van der Waals surface area contributed by atoms with E-state index in [2.05, 4.69) is 10.3 Å². The molecule has 23 heavy (non-hydrogen) atoms. The Kier molecular flexibility index (Phi) is 4.62. The number of rotatable bonds is 4. The van der Waals surface area contributed by atoms with Crippen LogP contribution in [0.2, 0.25) is 0 Å². The van der Waals surface area contributed by atoms with Crippen LogP contribution in [-0.2, 0) is 16.1 Å². The van der Waals surface area contributed by atoms with E-state index in [9.17, 15) is 9.59 Å². The minimum Gasteiger partial charge on any atom is -0.326 e. The Labute approximate surface area is 139 Å². The molecule has 2 aromatic rings. The van der Waals surface area contributed by atoms with Gasteiger partial charge in [0, 0.05) is 18.8 Å². The average molecular weight is 327 g/mol. The van der Waals surface area contributed by atoms with Crippen LogP contribution >= 0.6 is 11.8 Å². The number of carbonyl (C=O) groups is 2. The highest BCUT2D eigenvalue weighted by atomic mass is 32.2. The van der Waals surface area contributed by atoms with Gasteiger partial charge >= 0.3 is 0 Å². The highest BCUT2D eigenvalue weighted by molar-refractivity contribution is 8.00. The number of nitrogens with zero attached hydrogens (tertiary/aromatic N) is 2. The van der Waals surface area contributed by atoms with Gasteiger partial charge in [0.1, 0.15) is 5.37 Å². The Balaban J connectivity index is 1.77. The first-order chi connectivity index (χ1) is 11.1. The molecule has 1 aromatic heterocycles. The number of anilines is 1. The van der Waals surface area contributed by atoms with E-state index in [0.29, 0.717) is 12.3 Å². The number of hydrogen-bond acceptors (Lipinski definition) is 4. The first kappa shape index (κ1) is 15.6. The molecule has 1 aliphatic heterocycles. The van der Waals surface area contributed by atoms with E-state index < -0.39 is 0 Å². The van der Waals surface area contributed by atoms with Crippen molar-refractivity contribution >= 4 is 29.3 Å². The van der Waals surface area contributed by atoms with Crippen molar-refractivity contribution in [2.75, 3.05) is 11.1 Å². The summed E-state index contributed by atoms with van der Waals surface area (Å²) >= 11 is 1.61. The molecule has 0 radical (unpaired) electrons. The van der Waals surface area contributed by atoms with Crippen molar-refractivity contribution in [1.29, 1.82) is 0 Å². The van der Waals surface area contributed by atoms with E-state index in [1.807, 2.05) is 47.4 Å². The van der Waals surface area contributed by atoms with Gasteiger partial charge in [0.2, 0.25) is 11.8 Å². The lowest BCUT2D eigenvalue weighted by molar-refractivity contribution is -0.128. The number of carbonyl (C=O) groups excluding carboxylic acids is 2. The molecule has 5 nitrogen and oxygen atoms in total. The fraction of sp³-hybridized carbons (Fsp3) is 0.235. The summed E-state index contributed by atoms with van der Waals surface area (Å²) in [6, 6.07) is 13.3. The van der Waals surface area contributed by atoms with E-state index >= 15 is 0 Å². The van der Waals surface area contributed by atoms with Crippen molar-refractivity contribution in [3.05, 3.63) is 59.9 Å². The van der Waals surface area contributed by atoms with Crippen molar-refractivity contribution in [3.63, 3.8) is 0 Å². The van der Waals surface area contributed by atoms with Crippen molar-refractivity contribution in [2.24, 2.45) is 0 Å². The van der Waals surface area contributed by atoms with E-state index in [0.717, 1.165) is 16.9 Å². The topological polar surface area (TPSA) is 62.3 Å². The Hall–Kier alpha value is -2.34. The Bertz CT molecular complexity index is 704. The maximum atomic E-state index is 12.2. The van der Waals surface area contributed by atoms with Crippen LogP contribution in [0, 0.1) is 0 Å². The second-order valence-corrected chi connectivity index (χ2v) is 6.38. The van der Waals surface area contributed by atoms with Gasteiger partial charge in [0.05, 0.1) is 18.0 Å². The van der Waals surface area contributed by atoms with E-state index in [-0.39, 0.29) is 17.2 Å². The minimum absolute atomic E-state index is 0.0177. The van der Waals surface area contributed by atoms with Crippen LogP contribution in [0.1, 0.15) is 23.6 Å². The highest BCUT2D eigenvalue weighted by Gasteiger charge is 2.32. The fourth-order valence-electron chi connectivity index (χ4n) is 2.50. The molecule has 3 rings (SSSR count). The van der Waals surface area contributed by atoms with E-state index in [1.165, 1.54) is 6.92 Å². The summed E-state index contributed by atoms with van der Waals surface area (Å²) in [5.74, 6) is 0.502. The SMILES string of the molecule is CC(=O)Nc1ccc(C2SCC(=O)N2Cc2ccccn2)cc1. The maximum absolute atomic E-state index is 12.2. The van der Waals surface area contributed by atoms with Crippen LogP contribution < -0.4 is 5.32 Å². The lowest BCUT2D eigenvalue weighted by Gasteiger charge is -2.24. The minimum atomic E-state index is -0.0973. The van der Waals surface area contributed by atoms with Gasteiger partial charge in [0.15, 0.2) is 0 Å². The van der Waals surface area contributed by atoms with Crippen LogP contribution in [0.3, 0.4) is 0 Å². The standard InChI is InChI=1S/C17H17N3O2S/c1-12(21)19-14-7-5-13(6-8-14)17-20(16(22)11-23-17)10-15-4-2-3-9-18-15/h2-9,17H,10-11H2,1H3,(H,19,21). The first-order valence-electron chi connectivity index (χ1n) is 7.32. The molecule has 0 saturated carbocycles. The summed E-state index contributed by atoms with van der Waals surface area (Å²) in [5, 5.41) is 2.73. The van der Waals surface area contributed by atoms with Gasteiger partial charge in [-0.25, -0.2) is 0 Å². The third-order valence-corrected chi connectivity index (χ3v) is 4.80. The van der Waals surface area contributed by atoms with Crippen LogP contribution in [0.4, 0.5) is 5.69 Å². The van der Waals surface area contributed by atoms with E-state index in [1.54, 1.807) is 18.0 Å². The zero-order valence-electron chi connectivity index (χ0n) is 12.7. The van der Waals surface area contributed by atoms with Crippen molar-refractivity contribution in [1.82, 2.24) is 9.88 Å². The lowest BCUT2D eigenvalue weighted by Crippen LogP contribution is -2.28. The van der Waals surface area contributed by atoms with Gasteiger partial charge < -0.3 is 10.2 Å². The van der Waals surface area contributed by atoms with Gasteiger partial charge in [-0.1, -0.05) is 18.2 Å². The normalized spacial score (nSPS) is 17.3. The molecule has 118 valence electrons. The maximum Gasteiger partial charge on any atom is 0.234 e. The molecular formula is C17H17N3O2S. The number of hydrogen-bond donors (Lipinski definition) is 1. The lowest BCUT2D eigenvalue weighted by atomic mass is 10.1. The summed E-state index contributed by atoms with van der Waals surface area (Å²) in [7, 11) is 0. The number of thioether (sulfide) groups is 1. The number of amides is 2. The summed E-state index contributed by atoms with van der Waals surface area (Å²) in [6.07, 6.45) is 1.74. The van der Waals surface area contributed by atoms with Gasteiger partial charge in [-0.15, -0.1) is 11.8 Å². The smallest absolute Gasteiger partial charge is 0.234 e. The van der Waals surface area contributed by atoms with Gasteiger partial charge in [-0.2, -0.15) is 0 Å². The number of pyridine rings is 1. The van der Waals surface area contributed by atoms with Crippen LogP contribution in [0.25, 0.3) is 0 Å². The molecule has 1 unspecified atom stereocenters.